The zero-order valence-corrected chi connectivity index (χ0v) is 17.9. The Morgan fingerprint density at radius 3 is 2.74 bits per heavy atom. The van der Waals surface area contributed by atoms with Crippen LogP contribution in [0.5, 0.6) is 5.75 Å². The number of hydrogen-bond donors (Lipinski definition) is 1. The molecule has 1 aliphatic heterocycles. The first-order valence-corrected chi connectivity index (χ1v) is 10.7. The van der Waals surface area contributed by atoms with Crippen molar-refractivity contribution < 1.29 is 9.53 Å². The molecule has 0 bridgehead atoms. The number of carbonyl (C=O) groups excluding carboxylic acids is 1. The van der Waals surface area contributed by atoms with Crippen molar-refractivity contribution in [3.8, 4) is 11.7 Å². The van der Waals surface area contributed by atoms with Gasteiger partial charge in [0, 0.05) is 36.6 Å². The highest BCUT2D eigenvalue weighted by molar-refractivity contribution is 5.74. The molecular formula is C23H29N6O2+. The molecule has 162 valence electrons. The maximum atomic E-state index is 12.0. The summed E-state index contributed by atoms with van der Waals surface area (Å²) in [6.07, 6.45) is 11.6. The van der Waals surface area contributed by atoms with Gasteiger partial charge < -0.3 is 10.5 Å². The van der Waals surface area contributed by atoms with E-state index < -0.39 is 0 Å². The van der Waals surface area contributed by atoms with Crippen molar-refractivity contribution in [3.05, 3.63) is 60.8 Å². The summed E-state index contributed by atoms with van der Waals surface area (Å²) in [5.41, 5.74) is 6.87. The van der Waals surface area contributed by atoms with E-state index in [-0.39, 0.29) is 11.9 Å². The van der Waals surface area contributed by atoms with Crippen LogP contribution in [0, 0.1) is 0 Å². The number of amides is 1. The number of nitrogens with two attached hydrogens (primary N) is 1. The van der Waals surface area contributed by atoms with Crippen LogP contribution in [-0.2, 0) is 11.3 Å². The normalized spacial score (nSPS) is 21.4. The van der Waals surface area contributed by atoms with Crippen LogP contribution >= 0.6 is 0 Å². The van der Waals surface area contributed by atoms with Crippen LogP contribution in [-0.4, -0.2) is 45.1 Å². The van der Waals surface area contributed by atoms with Crippen molar-refractivity contribution in [1.82, 2.24) is 24.0 Å². The fourth-order valence-electron chi connectivity index (χ4n) is 4.63. The standard InChI is InChI=1S/C23H28N6O2/c1-31-20-8-6-18(7-9-20)16-29(14-4-2-3-5-19(29)15-21(24)30)22-10-11-26-23(27-22)28-13-12-25-17-28/h6-13,17,19H,2-5,14-16H2,1H3,(H-,24,30)/p+1. The summed E-state index contributed by atoms with van der Waals surface area (Å²) in [7, 11) is 1.67. The van der Waals surface area contributed by atoms with Gasteiger partial charge in [0.25, 0.3) is 0 Å². The minimum atomic E-state index is -0.270. The Morgan fingerprint density at radius 1 is 1.19 bits per heavy atom. The van der Waals surface area contributed by atoms with Crippen molar-refractivity contribution in [2.45, 2.75) is 44.7 Å². The lowest BCUT2D eigenvalue weighted by molar-refractivity contribution is -0.119. The van der Waals surface area contributed by atoms with E-state index in [0.29, 0.717) is 16.9 Å². The van der Waals surface area contributed by atoms with Crippen molar-refractivity contribution in [2.24, 2.45) is 5.73 Å². The van der Waals surface area contributed by atoms with E-state index in [9.17, 15) is 4.79 Å². The molecule has 2 aromatic heterocycles. The molecule has 1 fully saturated rings. The van der Waals surface area contributed by atoms with Gasteiger partial charge in [-0.15, -0.1) is 0 Å². The lowest BCUT2D eigenvalue weighted by Crippen LogP contribution is -2.57. The molecule has 4 rings (SSSR count). The second-order valence-corrected chi connectivity index (χ2v) is 8.12. The van der Waals surface area contributed by atoms with Gasteiger partial charge in [-0.25, -0.2) is 9.97 Å². The largest absolute Gasteiger partial charge is 0.497 e. The average Bonchev–Trinajstić information content (AvgIpc) is 3.26. The Morgan fingerprint density at radius 2 is 2.03 bits per heavy atom. The third-order valence-electron chi connectivity index (χ3n) is 6.17. The van der Waals surface area contributed by atoms with E-state index in [1.54, 1.807) is 30.4 Å². The third kappa shape index (κ3) is 4.59. The van der Waals surface area contributed by atoms with E-state index >= 15 is 0 Å². The first kappa shape index (κ1) is 21.0. The van der Waals surface area contributed by atoms with E-state index in [0.717, 1.165) is 50.3 Å². The molecule has 0 saturated carbocycles. The first-order valence-electron chi connectivity index (χ1n) is 10.7. The highest BCUT2D eigenvalue weighted by atomic mass is 16.5. The number of primary amides is 1. The Kier molecular flexibility index (Phi) is 6.27. The number of aromatic nitrogens is 4. The van der Waals surface area contributed by atoms with Crippen LogP contribution in [0.1, 0.15) is 37.7 Å². The number of nitrogens with zero attached hydrogens (tertiary/aromatic N) is 5. The molecular weight excluding hydrogens is 392 g/mol. The predicted molar refractivity (Wildman–Crippen MR) is 119 cm³/mol. The lowest BCUT2D eigenvalue weighted by atomic mass is 10.0. The molecule has 3 aromatic rings. The summed E-state index contributed by atoms with van der Waals surface area (Å²) in [5, 5.41) is 0. The smallest absolute Gasteiger partial charge is 0.239 e. The summed E-state index contributed by atoms with van der Waals surface area (Å²) < 4.78 is 7.71. The number of imidazole rings is 1. The van der Waals surface area contributed by atoms with Crippen LogP contribution in [0.15, 0.2) is 55.2 Å². The van der Waals surface area contributed by atoms with E-state index in [1.807, 2.05) is 24.4 Å². The van der Waals surface area contributed by atoms with Gasteiger partial charge in [-0.1, -0.05) is 0 Å². The van der Waals surface area contributed by atoms with Gasteiger partial charge >= 0.3 is 0 Å². The molecule has 2 N–H and O–H groups in total. The molecule has 0 aliphatic carbocycles. The van der Waals surface area contributed by atoms with Crippen LogP contribution in [0.25, 0.3) is 5.95 Å². The Bertz CT molecular complexity index is 1010. The van der Waals surface area contributed by atoms with Crippen molar-refractivity contribution in [2.75, 3.05) is 13.7 Å². The lowest BCUT2D eigenvalue weighted by Gasteiger charge is -2.42. The van der Waals surface area contributed by atoms with Gasteiger partial charge in [0.15, 0.2) is 0 Å². The molecule has 1 saturated heterocycles. The second-order valence-electron chi connectivity index (χ2n) is 8.12. The SMILES string of the molecule is COc1ccc(C[N+]2(c3ccnc(-n4ccnc4)n3)CCCCCC2CC(N)=O)cc1. The Labute approximate surface area is 182 Å². The van der Waals surface area contributed by atoms with Gasteiger partial charge in [0.1, 0.15) is 24.7 Å². The van der Waals surface area contributed by atoms with Gasteiger partial charge in [-0.3, -0.25) is 13.8 Å². The number of hydrogen-bond acceptors (Lipinski definition) is 5. The number of ether oxygens (including phenoxy) is 1. The molecule has 8 nitrogen and oxygen atoms in total. The number of carbonyl (C=O) groups is 1. The highest BCUT2D eigenvalue weighted by Gasteiger charge is 2.42. The Balaban J connectivity index is 1.81. The highest BCUT2D eigenvalue weighted by Crippen LogP contribution is 2.35. The van der Waals surface area contributed by atoms with Crippen LogP contribution in [0.4, 0.5) is 5.82 Å². The monoisotopic (exact) mass is 421 g/mol. The van der Waals surface area contributed by atoms with Crippen molar-refractivity contribution in [1.29, 1.82) is 0 Å². The summed E-state index contributed by atoms with van der Waals surface area (Å²) in [5.74, 6) is 2.03. The van der Waals surface area contributed by atoms with E-state index in [2.05, 4.69) is 22.1 Å². The topological polar surface area (TPSA) is 95.9 Å². The average molecular weight is 422 g/mol. The number of methoxy groups -OCH3 is 1. The third-order valence-corrected chi connectivity index (χ3v) is 6.17. The molecule has 31 heavy (non-hydrogen) atoms. The zero-order chi connectivity index (χ0) is 21.7. The van der Waals surface area contributed by atoms with E-state index in [1.165, 1.54) is 5.56 Å². The molecule has 3 heterocycles. The van der Waals surface area contributed by atoms with Gasteiger partial charge in [-0.05, 0) is 43.5 Å². The Hall–Kier alpha value is -3.26. The maximum Gasteiger partial charge on any atom is 0.239 e. The molecule has 1 amide bonds. The fraction of sp³-hybridized carbons (Fsp3) is 0.391. The maximum absolute atomic E-state index is 12.0. The van der Waals surface area contributed by atoms with Crippen LogP contribution in [0.2, 0.25) is 0 Å². The van der Waals surface area contributed by atoms with Gasteiger partial charge in [0.2, 0.25) is 17.7 Å². The van der Waals surface area contributed by atoms with Gasteiger partial charge in [0.05, 0.1) is 20.1 Å². The molecule has 2 atom stereocenters. The molecule has 1 aliphatic rings. The minimum absolute atomic E-state index is 0.0626. The first-order chi connectivity index (χ1) is 15.1. The predicted octanol–water partition coefficient (Wildman–Crippen LogP) is 3.00. The molecule has 0 radical (unpaired) electrons. The summed E-state index contributed by atoms with van der Waals surface area (Å²) in [6.45, 7) is 1.62. The summed E-state index contributed by atoms with van der Waals surface area (Å²) >= 11 is 0. The number of quaternary nitrogens is 1. The summed E-state index contributed by atoms with van der Waals surface area (Å²) in [4.78, 5) is 25.5. The minimum Gasteiger partial charge on any atom is -0.497 e. The fourth-order valence-corrected chi connectivity index (χ4v) is 4.63. The number of benzene rings is 1. The molecule has 1 aromatic carbocycles. The molecule has 2 unspecified atom stereocenters. The van der Waals surface area contributed by atoms with Gasteiger partial charge in [-0.2, -0.15) is 4.98 Å². The number of rotatable bonds is 7. The van der Waals surface area contributed by atoms with Crippen molar-refractivity contribution >= 4 is 11.7 Å². The molecule has 8 heteroatoms. The van der Waals surface area contributed by atoms with Crippen molar-refractivity contribution in [3.63, 3.8) is 0 Å². The van der Waals surface area contributed by atoms with E-state index in [4.69, 9.17) is 15.5 Å². The zero-order valence-electron chi connectivity index (χ0n) is 17.9. The molecule has 0 spiro atoms. The quantitative estimate of drug-likeness (QED) is 0.592. The number of likely N-dealkylation sites (tertiary alicyclic amines) is 1. The second kappa shape index (κ2) is 9.26. The summed E-state index contributed by atoms with van der Waals surface area (Å²) in [6, 6.07) is 10.2. The van der Waals surface area contributed by atoms with Crippen LogP contribution in [0.3, 0.4) is 0 Å². The van der Waals surface area contributed by atoms with Crippen LogP contribution < -0.4 is 15.0 Å².